The lowest BCUT2D eigenvalue weighted by atomic mass is 10.1. The van der Waals surface area contributed by atoms with Crippen molar-refractivity contribution in [2.24, 2.45) is 0 Å². The van der Waals surface area contributed by atoms with E-state index < -0.39 is 5.97 Å². The molecule has 0 aromatic heterocycles. The number of carboxylic acid groups (broad SMARTS) is 1. The number of nitrogens with zero attached hydrogens (tertiary/aromatic N) is 1. The molecule has 0 bridgehead atoms. The minimum atomic E-state index is -0.906. The molecule has 1 aromatic rings. The summed E-state index contributed by atoms with van der Waals surface area (Å²) in [6.45, 7) is 1.94. The summed E-state index contributed by atoms with van der Waals surface area (Å²) in [6, 6.07) is 4.75. The maximum absolute atomic E-state index is 13.5. The van der Waals surface area contributed by atoms with Gasteiger partial charge in [-0.15, -0.1) is 0 Å². The molecule has 1 saturated heterocycles. The Kier molecular flexibility index (Phi) is 5.31. The highest BCUT2D eigenvalue weighted by molar-refractivity contribution is 8.26. The van der Waals surface area contributed by atoms with Crippen LogP contribution in [0.25, 0.3) is 6.08 Å². The second-order valence-corrected chi connectivity index (χ2v) is 6.52. The summed E-state index contributed by atoms with van der Waals surface area (Å²) in [7, 11) is 0. The Bertz CT molecular complexity index is 673. The maximum atomic E-state index is 13.5. The molecule has 0 aliphatic carbocycles. The van der Waals surface area contributed by atoms with E-state index in [9.17, 15) is 14.0 Å². The van der Waals surface area contributed by atoms with Crippen molar-refractivity contribution in [3.05, 3.63) is 40.0 Å². The average molecular weight is 339 g/mol. The number of benzene rings is 1. The van der Waals surface area contributed by atoms with Gasteiger partial charge in [-0.25, -0.2) is 4.39 Å². The molecule has 22 heavy (non-hydrogen) atoms. The van der Waals surface area contributed by atoms with Crippen molar-refractivity contribution in [3.8, 4) is 0 Å². The summed E-state index contributed by atoms with van der Waals surface area (Å²) >= 11 is 6.29. The van der Waals surface area contributed by atoms with Crippen LogP contribution in [-0.4, -0.2) is 32.7 Å². The van der Waals surface area contributed by atoms with Crippen molar-refractivity contribution in [1.82, 2.24) is 4.90 Å². The molecular formula is C15H14FNO3S2. The summed E-state index contributed by atoms with van der Waals surface area (Å²) in [5, 5.41) is 8.63. The first kappa shape index (κ1) is 16.6. The normalized spacial score (nSPS) is 16.6. The van der Waals surface area contributed by atoms with Gasteiger partial charge in [0, 0.05) is 13.0 Å². The number of rotatable bonds is 5. The Labute approximate surface area is 137 Å². The van der Waals surface area contributed by atoms with E-state index in [1.807, 2.05) is 0 Å². The molecule has 7 heteroatoms. The van der Waals surface area contributed by atoms with Crippen molar-refractivity contribution in [1.29, 1.82) is 0 Å². The quantitative estimate of drug-likeness (QED) is 0.659. The Hall–Kier alpha value is -1.73. The number of halogens is 1. The third-order valence-electron chi connectivity index (χ3n) is 3.14. The number of hydrogen-bond acceptors (Lipinski definition) is 4. The van der Waals surface area contributed by atoms with Crippen molar-refractivity contribution in [2.75, 3.05) is 6.54 Å². The maximum Gasteiger partial charge on any atom is 0.303 e. The molecule has 1 aromatic carbocycles. The van der Waals surface area contributed by atoms with Crippen molar-refractivity contribution < 1.29 is 19.1 Å². The molecule has 1 amide bonds. The van der Waals surface area contributed by atoms with Crippen LogP contribution in [0.5, 0.6) is 0 Å². The molecule has 0 unspecified atom stereocenters. The van der Waals surface area contributed by atoms with Crippen LogP contribution in [-0.2, 0) is 9.59 Å². The highest BCUT2D eigenvalue weighted by atomic mass is 32.2. The second-order valence-electron chi connectivity index (χ2n) is 4.84. The zero-order valence-electron chi connectivity index (χ0n) is 11.8. The van der Waals surface area contributed by atoms with E-state index in [0.717, 1.165) is 11.8 Å². The molecule has 0 saturated carbocycles. The van der Waals surface area contributed by atoms with E-state index in [2.05, 4.69) is 0 Å². The number of thiocarbonyl (C=S) groups is 1. The lowest BCUT2D eigenvalue weighted by molar-refractivity contribution is -0.137. The van der Waals surface area contributed by atoms with E-state index in [1.165, 1.54) is 11.0 Å². The predicted octanol–water partition coefficient (Wildman–Crippen LogP) is 3.20. The van der Waals surface area contributed by atoms with E-state index in [4.69, 9.17) is 17.3 Å². The standard InChI is InChI=1S/C15H14FNO3S2/c1-9-4-5-10(7-11(9)16)8-12-14(20)17(15(21)22-12)6-2-3-13(18)19/h4-5,7-8H,2-3,6H2,1H3,(H,18,19)/b12-8-. The Balaban J connectivity index is 2.11. The van der Waals surface area contributed by atoms with Crippen LogP contribution in [0.3, 0.4) is 0 Å². The van der Waals surface area contributed by atoms with Crippen LogP contribution in [0.4, 0.5) is 4.39 Å². The number of carboxylic acids is 1. The third kappa shape index (κ3) is 3.92. The van der Waals surface area contributed by atoms with Gasteiger partial charge in [-0.05, 0) is 36.6 Å². The molecule has 1 aliphatic rings. The SMILES string of the molecule is Cc1ccc(/C=C2\SC(=S)N(CCCC(=O)O)C2=O)cc1F. The highest BCUT2D eigenvalue weighted by Crippen LogP contribution is 2.32. The van der Waals surface area contributed by atoms with E-state index >= 15 is 0 Å². The zero-order valence-corrected chi connectivity index (χ0v) is 13.5. The van der Waals surface area contributed by atoms with Crippen molar-refractivity contribution >= 4 is 46.3 Å². The van der Waals surface area contributed by atoms with E-state index in [1.54, 1.807) is 25.1 Å². The van der Waals surface area contributed by atoms with E-state index in [-0.39, 0.29) is 24.7 Å². The topological polar surface area (TPSA) is 57.6 Å². The van der Waals surface area contributed by atoms with Crippen LogP contribution in [0.2, 0.25) is 0 Å². The van der Waals surface area contributed by atoms with Crippen LogP contribution >= 0.6 is 24.0 Å². The molecule has 1 aliphatic heterocycles. The van der Waals surface area contributed by atoms with Crippen LogP contribution in [0.15, 0.2) is 23.1 Å². The zero-order chi connectivity index (χ0) is 16.3. The number of amides is 1. The highest BCUT2D eigenvalue weighted by Gasteiger charge is 2.31. The van der Waals surface area contributed by atoms with Crippen molar-refractivity contribution in [2.45, 2.75) is 19.8 Å². The second kappa shape index (κ2) is 7.02. The lowest BCUT2D eigenvalue weighted by Gasteiger charge is -2.13. The molecule has 0 atom stereocenters. The summed E-state index contributed by atoms with van der Waals surface area (Å²) in [5.74, 6) is -1.50. The molecule has 1 fully saturated rings. The predicted molar refractivity (Wildman–Crippen MR) is 87.9 cm³/mol. The van der Waals surface area contributed by atoms with Gasteiger partial charge in [-0.2, -0.15) is 0 Å². The molecule has 0 spiro atoms. The fourth-order valence-corrected chi connectivity index (χ4v) is 3.24. The van der Waals surface area contributed by atoms with Crippen LogP contribution < -0.4 is 0 Å². The molecule has 116 valence electrons. The minimum Gasteiger partial charge on any atom is -0.481 e. The smallest absolute Gasteiger partial charge is 0.303 e. The molecule has 1 N–H and O–H groups in total. The summed E-state index contributed by atoms with van der Waals surface area (Å²) < 4.78 is 13.9. The average Bonchev–Trinajstić information content (AvgIpc) is 2.70. The summed E-state index contributed by atoms with van der Waals surface area (Å²) in [6.07, 6.45) is 1.92. The first-order chi connectivity index (χ1) is 10.4. The lowest BCUT2D eigenvalue weighted by Crippen LogP contribution is -2.29. The van der Waals surface area contributed by atoms with Crippen LogP contribution in [0, 0.1) is 12.7 Å². The summed E-state index contributed by atoms with van der Waals surface area (Å²) in [4.78, 5) is 24.6. The molecule has 1 heterocycles. The number of carbonyl (C=O) groups is 2. The molecule has 2 rings (SSSR count). The van der Waals surface area contributed by atoms with Crippen molar-refractivity contribution in [3.63, 3.8) is 0 Å². The Morgan fingerprint density at radius 3 is 2.86 bits per heavy atom. The third-order valence-corrected chi connectivity index (χ3v) is 4.52. The molecule has 0 radical (unpaired) electrons. The van der Waals surface area contributed by atoms with Gasteiger partial charge >= 0.3 is 5.97 Å². The number of carbonyl (C=O) groups excluding carboxylic acids is 1. The van der Waals surface area contributed by atoms with Gasteiger partial charge in [0.1, 0.15) is 10.1 Å². The fraction of sp³-hybridized carbons (Fsp3) is 0.267. The fourth-order valence-electron chi connectivity index (χ4n) is 1.93. The summed E-state index contributed by atoms with van der Waals surface area (Å²) in [5.41, 5.74) is 1.13. The minimum absolute atomic E-state index is 0.0146. The Morgan fingerprint density at radius 2 is 2.23 bits per heavy atom. The van der Waals surface area contributed by atoms with Gasteiger partial charge in [0.15, 0.2) is 0 Å². The number of aliphatic carboxylic acids is 1. The van der Waals surface area contributed by atoms with Gasteiger partial charge in [-0.3, -0.25) is 14.5 Å². The largest absolute Gasteiger partial charge is 0.481 e. The number of thioether (sulfide) groups is 1. The monoisotopic (exact) mass is 339 g/mol. The van der Waals surface area contributed by atoms with Gasteiger partial charge in [0.25, 0.3) is 5.91 Å². The molecule has 4 nitrogen and oxygen atoms in total. The van der Waals surface area contributed by atoms with Gasteiger partial charge in [0.05, 0.1) is 4.91 Å². The number of hydrogen-bond donors (Lipinski definition) is 1. The van der Waals surface area contributed by atoms with Crippen LogP contribution in [0.1, 0.15) is 24.0 Å². The van der Waals surface area contributed by atoms with Gasteiger partial charge < -0.3 is 5.11 Å². The van der Waals surface area contributed by atoms with Gasteiger partial charge in [0.2, 0.25) is 0 Å². The Morgan fingerprint density at radius 1 is 1.50 bits per heavy atom. The first-order valence-electron chi connectivity index (χ1n) is 6.62. The first-order valence-corrected chi connectivity index (χ1v) is 7.84. The number of aryl methyl sites for hydroxylation is 1. The van der Waals surface area contributed by atoms with Gasteiger partial charge in [-0.1, -0.05) is 36.1 Å². The molecular weight excluding hydrogens is 325 g/mol. The van der Waals surface area contributed by atoms with E-state index in [0.29, 0.717) is 26.8 Å².